The summed E-state index contributed by atoms with van der Waals surface area (Å²) in [4.78, 5) is 0. The van der Waals surface area contributed by atoms with Crippen molar-refractivity contribution in [2.45, 2.75) is 18.5 Å². The Hall–Kier alpha value is -0.610. The Morgan fingerprint density at radius 3 is 2.58 bits per heavy atom. The molecule has 0 bridgehead atoms. The van der Waals surface area contributed by atoms with Crippen molar-refractivity contribution in [3.05, 3.63) is 48.6 Å². The van der Waals surface area contributed by atoms with Gasteiger partial charge in [-0.15, -0.1) is 15.8 Å². The molecule has 0 saturated carbocycles. The van der Waals surface area contributed by atoms with E-state index in [1.807, 2.05) is 6.08 Å². The molecular weight excluding hydrogens is 163 g/mol. The van der Waals surface area contributed by atoms with E-state index in [-0.39, 0.29) is 0 Å². The van der Waals surface area contributed by atoms with Gasteiger partial charge < -0.3 is 0 Å². The number of hydrogen-bond donors (Lipinski definition) is 0. The molecule has 0 aliphatic rings. The number of benzene rings is 1. The minimum Gasteiger partial charge on any atom is -0.134 e. The molecule has 0 amide bonds. The van der Waals surface area contributed by atoms with E-state index in [1.54, 1.807) is 0 Å². The lowest BCUT2D eigenvalue weighted by Gasteiger charge is -2.07. The number of allylic oxidation sites excluding steroid dienone is 1. The van der Waals surface area contributed by atoms with E-state index in [9.17, 15) is 0 Å². The third-order valence-corrected chi connectivity index (χ3v) is 2.32. The monoisotopic (exact) mass is 178 g/mol. The number of rotatable bonds is 4. The molecule has 0 N–H and O–H groups in total. The van der Waals surface area contributed by atoms with Gasteiger partial charge in [-0.05, 0) is 24.1 Å². The van der Waals surface area contributed by atoms with Gasteiger partial charge in [0.2, 0.25) is 0 Å². The molecule has 0 aliphatic carbocycles. The third-order valence-electron chi connectivity index (χ3n) is 1.81. The second-order valence-corrected chi connectivity index (χ2v) is 3.92. The summed E-state index contributed by atoms with van der Waals surface area (Å²) in [7, 11) is 2.86. The van der Waals surface area contributed by atoms with Crippen molar-refractivity contribution in [3.8, 4) is 0 Å². The van der Waals surface area contributed by atoms with Crippen LogP contribution in [-0.2, 0) is 6.42 Å². The van der Waals surface area contributed by atoms with E-state index in [2.05, 4.69) is 46.2 Å². The summed E-state index contributed by atoms with van der Waals surface area (Å²) in [5.41, 5.74) is 2.03. The van der Waals surface area contributed by atoms with Crippen LogP contribution in [0.1, 0.15) is 12.0 Å². The van der Waals surface area contributed by atoms with E-state index < -0.39 is 0 Å². The second kappa shape index (κ2) is 5.11. The first-order valence-electron chi connectivity index (χ1n) is 4.23. The summed E-state index contributed by atoms with van der Waals surface area (Å²) < 4.78 is 0. The maximum atomic E-state index is 3.73. The maximum absolute atomic E-state index is 3.73. The molecule has 2 atom stereocenters. The Morgan fingerprint density at radius 2 is 2.00 bits per heavy atom. The topological polar surface area (TPSA) is 0 Å². The van der Waals surface area contributed by atoms with Gasteiger partial charge in [0.25, 0.3) is 0 Å². The van der Waals surface area contributed by atoms with Gasteiger partial charge in [-0.25, -0.2) is 0 Å². The van der Waals surface area contributed by atoms with Crippen LogP contribution in [0.15, 0.2) is 43.0 Å². The van der Waals surface area contributed by atoms with Crippen molar-refractivity contribution in [1.29, 1.82) is 0 Å². The van der Waals surface area contributed by atoms with Gasteiger partial charge >= 0.3 is 0 Å². The van der Waals surface area contributed by atoms with E-state index in [0.717, 1.165) is 12.8 Å². The lowest BCUT2D eigenvalue weighted by molar-refractivity contribution is 0.867. The largest absolute Gasteiger partial charge is 0.134 e. The van der Waals surface area contributed by atoms with Crippen molar-refractivity contribution in [2.75, 3.05) is 0 Å². The van der Waals surface area contributed by atoms with Gasteiger partial charge in [-0.1, -0.05) is 36.4 Å². The van der Waals surface area contributed by atoms with Crippen LogP contribution in [0.2, 0.25) is 0 Å². The van der Waals surface area contributed by atoms with Crippen LogP contribution in [0.5, 0.6) is 0 Å². The zero-order valence-corrected chi connectivity index (χ0v) is 8.39. The smallest absolute Gasteiger partial charge is 0.0189 e. The highest BCUT2D eigenvalue weighted by Crippen LogP contribution is 2.13. The molecule has 0 heterocycles. The van der Waals surface area contributed by atoms with Crippen LogP contribution >= 0.6 is 9.24 Å². The predicted octanol–water partition coefficient (Wildman–Crippen LogP) is 3.05. The van der Waals surface area contributed by atoms with Crippen molar-refractivity contribution in [3.63, 3.8) is 0 Å². The standard InChI is InChI=1S/C11H15P/c1-2-6-11(12)9-10-7-4-3-5-8-10/h2-5,7-8,11H,1,6,9,12H2/t11-/m0/s1. The second-order valence-electron chi connectivity index (χ2n) is 2.97. The molecule has 0 aliphatic heterocycles. The van der Waals surface area contributed by atoms with Gasteiger partial charge in [-0.2, -0.15) is 0 Å². The normalized spacial score (nSPS) is 12.4. The molecule has 0 spiro atoms. The summed E-state index contributed by atoms with van der Waals surface area (Å²) in [6, 6.07) is 10.6. The fraction of sp³-hybridized carbons (Fsp3) is 0.273. The molecular formula is C11H15P. The maximum Gasteiger partial charge on any atom is -0.0189 e. The molecule has 64 valence electrons. The zero-order chi connectivity index (χ0) is 8.81. The van der Waals surface area contributed by atoms with Crippen molar-refractivity contribution in [2.24, 2.45) is 0 Å². The highest BCUT2D eigenvalue weighted by Gasteiger charge is 1.99. The molecule has 1 heteroatoms. The van der Waals surface area contributed by atoms with E-state index in [4.69, 9.17) is 0 Å². The van der Waals surface area contributed by atoms with Gasteiger partial charge in [0.05, 0.1) is 0 Å². The summed E-state index contributed by atoms with van der Waals surface area (Å²) in [5, 5.41) is 0. The Bertz CT molecular complexity index is 228. The van der Waals surface area contributed by atoms with Crippen molar-refractivity contribution < 1.29 is 0 Å². The van der Waals surface area contributed by atoms with Crippen LogP contribution in [0.25, 0.3) is 0 Å². The van der Waals surface area contributed by atoms with Crippen molar-refractivity contribution in [1.82, 2.24) is 0 Å². The predicted molar refractivity (Wildman–Crippen MR) is 58.5 cm³/mol. The Labute approximate surface area is 76.9 Å². The van der Waals surface area contributed by atoms with Gasteiger partial charge in [0.1, 0.15) is 0 Å². The SMILES string of the molecule is C=CC[C@H](P)Cc1ccccc1. The zero-order valence-electron chi connectivity index (χ0n) is 7.24. The molecule has 0 saturated heterocycles. The minimum absolute atomic E-state index is 0.630. The first-order chi connectivity index (χ1) is 5.83. The van der Waals surface area contributed by atoms with Gasteiger partial charge in [-0.3, -0.25) is 0 Å². The molecule has 1 unspecified atom stereocenters. The van der Waals surface area contributed by atoms with E-state index in [1.165, 1.54) is 5.56 Å². The first kappa shape index (κ1) is 9.48. The number of hydrogen-bond acceptors (Lipinski definition) is 0. The highest BCUT2D eigenvalue weighted by atomic mass is 31.0. The molecule has 0 nitrogen and oxygen atoms in total. The summed E-state index contributed by atoms with van der Waals surface area (Å²) >= 11 is 0. The van der Waals surface area contributed by atoms with Crippen LogP contribution in [-0.4, -0.2) is 5.66 Å². The summed E-state index contributed by atoms with van der Waals surface area (Å²) in [6.07, 6.45) is 4.16. The van der Waals surface area contributed by atoms with Crippen LogP contribution < -0.4 is 0 Å². The average Bonchev–Trinajstić information content (AvgIpc) is 2.06. The van der Waals surface area contributed by atoms with E-state index in [0.29, 0.717) is 5.66 Å². The molecule has 1 rings (SSSR count). The molecule has 1 aromatic rings. The minimum atomic E-state index is 0.630. The Morgan fingerprint density at radius 1 is 1.33 bits per heavy atom. The third kappa shape index (κ3) is 3.19. The lowest BCUT2D eigenvalue weighted by atomic mass is 10.1. The first-order valence-corrected chi connectivity index (χ1v) is 4.90. The Balaban J connectivity index is 2.46. The Kier molecular flexibility index (Phi) is 4.04. The van der Waals surface area contributed by atoms with Crippen LogP contribution in [0.4, 0.5) is 0 Å². The van der Waals surface area contributed by atoms with Crippen LogP contribution in [0, 0.1) is 0 Å². The molecule has 0 radical (unpaired) electrons. The summed E-state index contributed by atoms with van der Waals surface area (Å²) in [6.45, 7) is 3.73. The summed E-state index contributed by atoms with van der Waals surface area (Å²) in [5.74, 6) is 0. The molecule has 0 fully saturated rings. The average molecular weight is 178 g/mol. The van der Waals surface area contributed by atoms with Crippen molar-refractivity contribution >= 4 is 9.24 Å². The van der Waals surface area contributed by atoms with E-state index >= 15 is 0 Å². The quantitative estimate of drug-likeness (QED) is 0.491. The highest BCUT2D eigenvalue weighted by molar-refractivity contribution is 7.17. The molecule has 1 aromatic carbocycles. The van der Waals surface area contributed by atoms with Gasteiger partial charge in [0.15, 0.2) is 0 Å². The molecule has 12 heavy (non-hydrogen) atoms. The van der Waals surface area contributed by atoms with Gasteiger partial charge in [0, 0.05) is 0 Å². The lowest BCUT2D eigenvalue weighted by Crippen LogP contribution is -2.00. The fourth-order valence-electron chi connectivity index (χ4n) is 1.21. The molecule has 0 aromatic heterocycles. The fourth-order valence-corrected chi connectivity index (χ4v) is 1.68. The van der Waals surface area contributed by atoms with Crippen LogP contribution in [0.3, 0.4) is 0 Å².